The molecule has 1 heterocycles. The minimum Gasteiger partial charge on any atom is -0.439 e. The second-order valence-corrected chi connectivity index (χ2v) is 4.41. The van der Waals surface area contributed by atoms with E-state index in [4.69, 9.17) is 4.74 Å². The van der Waals surface area contributed by atoms with Crippen LogP contribution in [0.3, 0.4) is 0 Å². The Bertz CT molecular complexity index is 582. The van der Waals surface area contributed by atoms with Crippen molar-refractivity contribution in [1.29, 1.82) is 0 Å². The van der Waals surface area contributed by atoms with Crippen molar-refractivity contribution in [3.05, 3.63) is 53.7 Å². The van der Waals surface area contributed by atoms with Crippen LogP contribution >= 0.6 is 0 Å². The highest BCUT2D eigenvalue weighted by Gasteiger charge is 2.30. The molecular formula is C15H15F3N2O. The fourth-order valence-corrected chi connectivity index (χ4v) is 1.72. The maximum Gasteiger partial charge on any atom is 0.416 e. The molecule has 3 nitrogen and oxygen atoms in total. The van der Waals surface area contributed by atoms with E-state index in [0.29, 0.717) is 18.2 Å². The van der Waals surface area contributed by atoms with Gasteiger partial charge in [0, 0.05) is 18.8 Å². The van der Waals surface area contributed by atoms with Crippen molar-refractivity contribution in [3.8, 4) is 11.6 Å². The second-order valence-electron chi connectivity index (χ2n) is 4.41. The molecule has 1 aromatic carbocycles. The molecule has 0 aliphatic heterocycles. The molecule has 0 atom stereocenters. The summed E-state index contributed by atoms with van der Waals surface area (Å²) in [6, 6.07) is 8.13. The van der Waals surface area contributed by atoms with E-state index in [1.807, 2.05) is 13.0 Å². The Kier molecular flexibility index (Phi) is 4.80. The lowest BCUT2D eigenvalue weighted by Gasteiger charge is -2.09. The van der Waals surface area contributed by atoms with E-state index < -0.39 is 11.7 Å². The van der Waals surface area contributed by atoms with Gasteiger partial charge in [-0.3, -0.25) is 0 Å². The van der Waals surface area contributed by atoms with Gasteiger partial charge in [-0.05, 0) is 42.4 Å². The van der Waals surface area contributed by atoms with Crippen LogP contribution in [0.25, 0.3) is 0 Å². The first-order valence-corrected chi connectivity index (χ1v) is 6.50. The first kappa shape index (κ1) is 15.3. The summed E-state index contributed by atoms with van der Waals surface area (Å²) in [5, 5.41) is 3.17. The average molecular weight is 296 g/mol. The van der Waals surface area contributed by atoms with Gasteiger partial charge in [0.05, 0.1) is 5.56 Å². The van der Waals surface area contributed by atoms with Crippen molar-refractivity contribution >= 4 is 0 Å². The van der Waals surface area contributed by atoms with Crippen molar-refractivity contribution in [2.45, 2.75) is 19.6 Å². The lowest BCUT2D eigenvalue weighted by molar-refractivity contribution is -0.137. The molecule has 0 fully saturated rings. The number of benzene rings is 1. The number of hydrogen-bond donors (Lipinski definition) is 1. The minimum atomic E-state index is -4.34. The van der Waals surface area contributed by atoms with Gasteiger partial charge >= 0.3 is 6.18 Å². The lowest BCUT2D eigenvalue weighted by Crippen LogP contribution is -2.11. The zero-order valence-electron chi connectivity index (χ0n) is 11.4. The minimum absolute atomic E-state index is 0.316. The van der Waals surface area contributed by atoms with Crippen LogP contribution in [0.1, 0.15) is 18.1 Å². The standard InChI is InChI=1S/C15H15F3N2O/c1-2-19-10-11-7-8-20-14(9-11)21-13-5-3-12(4-6-13)15(16,17)18/h3-9,19H,2,10H2,1H3. The second kappa shape index (κ2) is 6.58. The third kappa shape index (κ3) is 4.46. The zero-order chi connectivity index (χ0) is 15.3. The van der Waals surface area contributed by atoms with Gasteiger partial charge in [0.15, 0.2) is 0 Å². The highest BCUT2D eigenvalue weighted by molar-refractivity contribution is 5.32. The number of nitrogens with one attached hydrogen (secondary N) is 1. The van der Waals surface area contributed by atoms with Crippen molar-refractivity contribution in [2.24, 2.45) is 0 Å². The molecule has 0 aliphatic rings. The Morgan fingerprint density at radius 3 is 2.48 bits per heavy atom. The molecule has 1 aromatic heterocycles. The normalized spacial score (nSPS) is 11.4. The summed E-state index contributed by atoms with van der Waals surface area (Å²) in [6.07, 6.45) is -2.74. The molecule has 0 bridgehead atoms. The topological polar surface area (TPSA) is 34.2 Å². The molecule has 2 rings (SSSR count). The van der Waals surface area contributed by atoms with E-state index in [1.165, 1.54) is 12.1 Å². The molecule has 1 N–H and O–H groups in total. The SMILES string of the molecule is CCNCc1ccnc(Oc2ccc(C(F)(F)F)cc2)c1. The van der Waals surface area contributed by atoms with E-state index in [9.17, 15) is 13.2 Å². The third-order valence-electron chi connectivity index (χ3n) is 2.78. The van der Waals surface area contributed by atoms with Crippen LogP contribution in [0.2, 0.25) is 0 Å². The lowest BCUT2D eigenvalue weighted by atomic mass is 10.2. The number of halogens is 3. The first-order valence-electron chi connectivity index (χ1n) is 6.50. The quantitative estimate of drug-likeness (QED) is 0.905. The summed E-state index contributed by atoms with van der Waals surface area (Å²) < 4.78 is 42.8. The number of hydrogen-bond acceptors (Lipinski definition) is 3. The summed E-state index contributed by atoms with van der Waals surface area (Å²) >= 11 is 0. The molecule has 0 saturated heterocycles. The van der Waals surface area contributed by atoms with E-state index in [0.717, 1.165) is 24.2 Å². The fraction of sp³-hybridized carbons (Fsp3) is 0.267. The summed E-state index contributed by atoms with van der Waals surface area (Å²) in [5.41, 5.74) is 0.289. The predicted octanol–water partition coefficient (Wildman–Crippen LogP) is 4.00. The zero-order valence-corrected chi connectivity index (χ0v) is 11.4. The molecule has 0 saturated carbocycles. The van der Waals surface area contributed by atoms with Crippen LogP contribution in [-0.4, -0.2) is 11.5 Å². The van der Waals surface area contributed by atoms with Crippen molar-refractivity contribution < 1.29 is 17.9 Å². The Morgan fingerprint density at radius 2 is 1.86 bits per heavy atom. The fourth-order valence-electron chi connectivity index (χ4n) is 1.72. The summed E-state index contributed by atoms with van der Waals surface area (Å²) in [4.78, 5) is 4.04. The third-order valence-corrected chi connectivity index (χ3v) is 2.78. The average Bonchev–Trinajstić information content (AvgIpc) is 2.45. The summed E-state index contributed by atoms with van der Waals surface area (Å²) in [6.45, 7) is 3.53. The number of ether oxygens (including phenoxy) is 1. The van der Waals surface area contributed by atoms with E-state index in [2.05, 4.69) is 10.3 Å². The summed E-state index contributed by atoms with van der Waals surface area (Å²) in [5.74, 6) is 0.668. The van der Waals surface area contributed by atoms with Crippen molar-refractivity contribution in [1.82, 2.24) is 10.3 Å². The molecule has 0 amide bonds. The molecule has 21 heavy (non-hydrogen) atoms. The van der Waals surface area contributed by atoms with Crippen LogP contribution in [0.5, 0.6) is 11.6 Å². The van der Waals surface area contributed by atoms with Gasteiger partial charge in [-0.1, -0.05) is 6.92 Å². The molecule has 2 aromatic rings. The molecular weight excluding hydrogens is 281 g/mol. The van der Waals surface area contributed by atoms with Crippen molar-refractivity contribution in [3.63, 3.8) is 0 Å². The van der Waals surface area contributed by atoms with Gasteiger partial charge in [0.2, 0.25) is 5.88 Å². The number of alkyl halides is 3. The van der Waals surface area contributed by atoms with Gasteiger partial charge in [-0.15, -0.1) is 0 Å². The smallest absolute Gasteiger partial charge is 0.416 e. The van der Waals surface area contributed by atoms with Crippen LogP contribution in [0.15, 0.2) is 42.6 Å². The molecule has 112 valence electrons. The highest BCUT2D eigenvalue weighted by Crippen LogP contribution is 2.31. The monoisotopic (exact) mass is 296 g/mol. The number of pyridine rings is 1. The Balaban J connectivity index is 2.07. The number of aromatic nitrogens is 1. The van der Waals surface area contributed by atoms with Gasteiger partial charge < -0.3 is 10.1 Å². The van der Waals surface area contributed by atoms with Gasteiger partial charge in [0.1, 0.15) is 5.75 Å². The van der Waals surface area contributed by atoms with Crippen LogP contribution in [-0.2, 0) is 12.7 Å². The Hall–Kier alpha value is -2.08. The van der Waals surface area contributed by atoms with Crippen LogP contribution in [0, 0.1) is 0 Å². The maximum absolute atomic E-state index is 12.5. The molecule has 0 radical (unpaired) electrons. The molecule has 0 spiro atoms. The van der Waals surface area contributed by atoms with Gasteiger partial charge in [-0.2, -0.15) is 13.2 Å². The number of rotatable bonds is 5. The molecule has 0 unspecified atom stereocenters. The predicted molar refractivity (Wildman–Crippen MR) is 73.1 cm³/mol. The molecule has 0 aliphatic carbocycles. The van der Waals surface area contributed by atoms with E-state index in [-0.39, 0.29) is 0 Å². The maximum atomic E-state index is 12.5. The Labute approximate surface area is 120 Å². The van der Waals surface area contributed by atoms with Gasteiger partial charge in [0.25, 0.3) is 0 Å². The largest absolute Gasteiger partial charge is 0.439 e. The number of nitrogens with zero attached hydrogens (tertiary/aromatic N) is 1. The van der Waals surface area contributed by atoms with Gasteiger partial charge in [-0.25, -0.2) is 4.98 Å². The van der Waals surface area contributed by atoms with E-state index in [1.54, 1.807) is 12.3 Å². The van der Waals surface area contributed by atoms with Crippen LogP contribution < -0.4 is 10.1 Å². The highest BCUT2D eigenvalue weighted by atomic mass is 19.4. The van der Waals surface area contributed by atoms with E-state index >= 15 is 0 Å². The first-order chi connectivity index (χ1) is 9.99. The summed E-state index contributed by atoms with van der Waals surface area (Å²) in [7, 11) is 0. The molecule has 6 heteroatoms. The van der Waals surface area contributed by atoms with Crippen molar-refractivity contribution in [2.75, 3.05) is 6.54 Å². The Morgan fingerprint density at radius 1 is 1.14 bits per heavy atom. The van der Waals surface area contributed by atoms with Crippen LogP contribution in [0.4, 0.5) is 13.2 Å².